The number of hydrogen-bond acceptors (Lipinski definition) is 5. The van der Waals surface area contributed by atoms with Gasteiger partial charge in [0.05, 0.1) is 0 Å². The molecule has 0 fully saturated rings. The maximum Gasteiger partial charge on any atom is 0.262 e. The van der Waals surface area contributed by atoms with Crippen LogP contribution in [0.4, 0.5) is 0 Å². The molecule has 0 atom stereocenters. The second kappa shape index (κ2) is 8.38. The van der Waals surface area contributed by atoms with Crippen molar-refractivity contribution >= 4 is 10.0 Å². The SMILES string of the molecule is O=S(=O)(NCCc1ccccn1)c1nc(-c2ccccc2)oc1-c1ccccc1. The van der Waals surface area contributed by atoms with Crippen LogP contribution >= 0.6 is 0 Å². The van der Waals surface area contributed by atoms with Crippen LogP contribution in [0.15, 0.2) is 94.5 Å². The molecule has 0 saturated heterocycles. The van der Waals surface area contributed by atoms with E-state index in [-0.39, 0.29) is 23.2 Å². The molecule has 29 heavy (non-hydrogen) atoms. The Hall–Kier alpha value is -3.29. The van der Waals surface area contributed by atoms with Gasteiger partial charge >= 0.3 is 0 Å². The van der Waals surface area contributed by atoms with Gasteiger partial charge in [-0.2, -0.15) is 4.98 Å². The Balaban J connectivity index is 1.66. The van der Waals surface area contributed by atoms with E-state index < -0.39 is 10.0 Å². The number of nitrogens with one attached hydrogen (secondary N) is 1. The van der Waals surface area contributed by atoms with E-state index in [1.807, 2.05) is 66.7 Å². The molecular weight excluding hydrogens is 386 g/mol. The fourth-order valence-corrected chi connectivity index (χ4v) is 4.01. The van der Waals surface area contributed by atoms with Crippen LogP contribution in [0, 0.1) is 0 Å². The quantitative estimate of drug-likeness (QED) is 0.504. The second-order valence-electron chi connectivity index (χ2n) is 6.35. The molecule has 0 amide bonds. The Labute approximate surface area is 169 Å². The molecule has 7 heteroatoms. The first-order valence-electron chi connectivity index (χ1n) is 9.15. The van der Waals surface area contributed by atoms with Gasteiger partial charge in [-0.1, -0.05) is 54.6 Å². The molecule has 0 aliphatic heterocycles. The maximum atomic E-state index is 13.0. The first kappa shape index (κ1) is 19.0. The van der Waals surface area contributed by atoms with Gasteiger partial charge in [0.25, 0.3) is 10.0 Å². The lowest BCUT2D eigenvalue weighted by atomic mass is 10.2. The molecular formula is C22H19N3O3S. The molecule has 2 heterocycles. The number of oxazole rings is 1. The molecule has 0 aliphatic rings. The van der Waals surface area contributed by atoms with Gasteiger partial charge in [-0.25, -0.2) is 13.1 Å². The van der Waals surface area contributed by atoms with E-state index in [2.05, 4.69) is 14.7 Å². The lowest BCUT2D eigenvalue weighted by molar-refractivity contribution is 0.571. The maximum absolute atomic E-state index is 13.0. The summed E-state index contributed by atoms with van der Waals surface area (Å²) in [5.74, 6) is 0.476. The smallest absolute Gasteiger partial charge is 0.262 e. The molecule has 0 radical (unpaired) electrons. The first-order chi connectivity index (χ1) is 14.1. The summed E-state index contributed by atoms with van der Waals surface area (Å²) in [6.45, 7) is 0.209. The predicted octanol–water partition coefficient (Wildman–Crippen LogP) is 3.92. The highest BCUT2D eigenvalue weighted by atomic mass is 32.2. The van der Waals surface area contributed by atoms with Crippen molar-refractivity contribution in [2.24, 2.45) is 0 Å². The summed E-state index contributed by atoms with van der Waals surface area (Å²) < 4.78 is 34.5. The average molecular weight is 405 g/mol. The second-order valence-corrected chi connectivity index (χ2v) is 8.04. The van der Waals surface area contributed by atoms with E-state index in [0.29, 0.717) is 17.5 Å². The Bertz CT molecular complexity index is 1180. The van der Waals surface area contributed by atoms with Crippen LogP contribution in [0.5, 0.6) is 0 Å². The first-order valence-corrected chi connectivity index (χ1v) is 10.6. The van der Waals surface area contributed by atoms with E-state index in [1.165, 1.54) is 0 Å². The lowest BCUT2D eigenvalue weighted by Gasteiger charge is -2.05. The van der Waals surface area contributed by atoms with Gasteiger partial charge in [-0.3, -0.25) is 4.98 Å². The predicted molar refractivity (Wildman–Crippen MR) is 111 cm³/mol. The Morgan fingerprint density at radius 2 is 1.48 bits per heavy atom. The fourth-order valence-electron chi connectivity index (χ4n) is 2.89. The fraction of sp³-hybridized carbons (Fsp3) is 0.0909. The third-order valence-corrected chi connectivity index (χ3v) is 5.68. The summed E-state index contributed by atoms with van der Waals surface area (Å²) in [7, 11) is -3.88. The molecule has 4 aromatic rings. The van der Waals surface area contributed by atoms with Gasteiger partial charge < -0.3 is 4.42 Å². The Morgan fingerprint density at radius 1 is 0.828 bits per heavy atom. The van der Waals surface area contributed by atoms with Crippen LogP contribution in [0.1, 0.15) is 5.69 Å². The standard InChI is InChI=1S/C22H19N3O3S/c26-29(27,24-16-14-19-13-7-8-15-23-19)22-20(17-9-3-1-4-10-17)28-21(25-22)18-11-5-2-6-12-18/h1-13,15,24H,14,16H2. The van der Waals surface area contributed by atoms with Crippen molar-refractivity contribution in [2.45, 2.75) is 11.4 Å². The van der Waals surface area contributed by atoms with Crippen molar-refractivity contribution in [1.82, 2.24) is 14.7 Å². The van der Waals surface area contributed by atoms with Crippen molar-refractivity contribution in [3.05, 3.63) is 90.8 Å². The van der Waals surface area contributed by atoms with Crippen LogP contribution < -0.4 is 4.72 Å². The number of aromatic nitrogens is 2. The third kappa shape index (κ3) is 4.42. The summed E-state index contributed by atoms with van der Waals surface area (Å²) in [5.41, 5.74) is 2.16. The van der Waals surface area contributed by atoms with Gasteiger partial charge in [0.1, 0.15) is 0 Å². The van der Waals surface area contributed by atoms with Crippen molar-refractivity contribution in [2.75, 3.05) is 6.54 Å². The van der Waals surface area contributed by atoms with Crippen molar-refractivity contribution in [1.29, 1.82) is 0 Å². The molecule has 4 rings (SSSR count). The topological polar surface area (TPSA) is 85.1 Å². The molecule has 0 bridgehead atoms. The number of sulfonamides is 1. The van der Waals surface area contributed by atoms with Gasteiger partial charge in [0.2, 0.25) is 10.9 Å². The van der Waals surface area contributed by atoms with Crippen LogP contribution in [0.2, 0.25) is 0 Å². The van der Waals surface area contributed by atoms with E-state index >= 15 is 0 Å². The van der Waals surface area contributed by atoms with Crippen LogP contribution in [0.25, 0.3) is 22.8 Å². The summed E-state index contributed by atoms with van der Waals surface area (Å²) in [6.07, 6.45) is 2.16. The molecule has 0 spiro atoms. The average Bonchev–Trinajstić information content (AvgIpc) is 3.22. The zero-order valence-corrected chi connectivity index (χ0v) is 16.3. The molecule has 0 unspecified atom stereocenters. The zero-order chi connectivity index (χ0) is 20.1. The van der Waals surface area contributed by atoms with Gasteiger partial charge in [0, 0.05) is 36.0 Å². The largest absolute Gasteiger partial charge is 0.435 e. The summed E-state index contributed by atoms with van der Waals surface area (Å²) in [5, 5.41) is -0.122. The van der Waals surface area contributed by atoms with E-state index in [4.69, 9.17) is 4.42 Å². The zero-order valence-electron chi connectivity index (χ0n) is 15.5. The minimum absolute atomic E-state index is 0.122. The molecule has 0 aliphatic carbocycles. The van der Waals surface area contributed by atoms with Crippen molar-refractivity contribution in [3.63, 3.8) is 0 Å². The number of rotatable bonds is 7. The summed E-state index contributed by atoms with van der Waals surface area (Å²) in [6, 6.07) is 23.9. The highest BCUT2D eigenvalue weighted by molar-refractivity contribution is 7.89. The highest BCUT2D eigenvalue weighted by Crippen LogP contribution is 2.32. The highest BCUT2D eigenvalue weighted by Gasteiger charge is 2.27. The Morgan fingerprint density at radius 3 is 2.14 bits per heavy atom. The molecule has 1 N–H and O–H groups in total. The van der Waals surface area contributed by atoms with Crippen molar-refractivity contribution < 1.29 is 12.8 Å². The van der Waals surface area contributed by atoms with Crippen LogP contribution in [-0.2, 0) is 16.4 Å². The number of hydrogen-bond donors (Lipinski definition) is 1. The monoisotopic (exact) mass is 405 g/mol. The molecule has 0 saturated carbocycles. The van der Waals surface area contributed by atoms with Gasteiger partial charge in [0.15, 0.2) is 5.76 Å². The molecule has 6 nitrogen and oxygen atoms in total. The van der Waals surface area contributed by atoms with E-state index in [9.17, 15) is 8.42 Å². The normalized spacial score (nSPS) is 11.4. The summed E-state index contributed by atoms with van der Waals surface area (Å²) in [4.78, 5) is 8.53. The van der Waals surface area contributed by atoms with Crippen LogP contribution in [-0.4, -0.2) is 24.9 Å². The minimum atomic E-state index is -3.88. The van der Waals surface area contributed by atoms with Gasteiger partial charge in [-0.05, 0) is 24.3 Å². The van der Waals surface area contributed by atoms with Crippen molar-refractivity contribution in [3.8, 4) is 22.8 Å². The molecule has 146 valence electrons. The van der Waals surface area contributed by atoms with E-state index in [0.717, 1.165) is 5.69 Å². The number of benzene rings is 2. The summed E-state index contributed by atoms with van der Waals surface area (Å²) >= 11 is 0. The Kier molecular flexibility index (Phi) is 5.50. The lowest BCUT2D eigenvalue weighted by Crippen LogP contribution is -2.27. The van der Waals surface area contributed by atoms with E-state index in [1.54, 1.807) is 18.3 Å². The van der Waals surface area contributed by atoms with Gasteiger partial charge in [-0.15, -0.1) is 0 Å². The third-order valence-electron chi connectivity index (χ3n) is 4.31. The number of nitrogens with zero attached hydrogens (tertiary/aromatic N) is 2. The van der Waals surface area contributed by atoms with Crippen LogP contribution in [0.3, 0.4) is 0 Å². The minimum Gasteiger partial charge on any atom is -0.435 e. The number of pyridine rings is 1. The molecule has 2 aromatic heterocycles. The molecule has 2 aromatic carbocycles.